The van der Waals surface area contributed by atoms with Gasteiger partial charge in [-0.3, -0.25) is 0 Å². The number of hydrogen-bond donors (Lipinski definition) is 1. The largest absolute Gasteiger partial charge is 0.396 e. The van der Waals surface area contributed by atoms with E-state index in [4.69, 9.17) is 9.90 Å². The highest BCUT2D eigenvalue weighted by Gasteiger charge is 2.05. The molecule has 0 bridgehead atoms. The maximum absolute atomic E-state index is 8.00. The molecule has 1 unspecified atom stereocenters. The fourth-order valence-corrected chi connectivity index (χ4v) is 1.84. The van der Waals surface area contributed by atoms with Crippen LogP contribution in [0.2, 0.25) is 0 Å². The van der Waals surface area contributed by atoms with Crippen LogP contribution in [0.15, 0.2) is 79.4 Å². The SMILES string of the molecule is C1=CCC(Cc2ccccc2)C=C1.C=C/C=C\C.C=O.CC.CCCO. The molecule has 0 saturated carbocycles. The highest BCUT2D eigenvalue weighted by Crippen LogP contribution is 2.17. The summed E-state index contributed by atoms with van der Waals surface area (Å²) in [5, 5.41) is 7.88. The molecule has 26 heavy (non-hydrogen) atoms. The minimum Gasteiger partial charge on any atom is -0.396 e. The Hall–Kier alpha value is -2.19. The number of benzene rings is 1. The Morgan fingerprint density at radius 3 is 2.08 bits per heavy atom. The molecule has 0 saturated heterocycles. The summed E-state index contributed by atoms with van der Waals surface area (Å²) in [6.07, 6.45) is 17.6. The zero-order chi connectivity index (χ0) is 20.5. The molecule has 1 atom stereocenters. The quantitative estimate of drug-likeness (QED) is 0.638. The van der Waals surface area contributed by atoms with Gasteiger partial charge in [0.15, 0.2) is 0 Å². The van der Waals surface area contributed by atoms with E-state index in [1.165, 1.54) is 18.4 Å². The van der Waals surface area contributed by atoms with Gasteiger partial charge >= 0.3 is 0 Å². The molecule has 0 spiro atoms. The Morgan fingerprint density at radius 1 is 1.15 bits per heavy atom. The van der Waals surface area contributed by atoms with Crippen molar-refractivity contribution >= 4 is 6.79 Å². The third kappa shape index (κ3) is 21.8. The van der Waals surface area contributed by atoms with Crippen LogP contribution in [0.1, 0.15) is 46.1 Å². The van der Waals surface area contributed by atoms with E-state index in [1.807, 2.05) is 46.6 Å². The molecule has 2 rings (SSSR count). The van der Waals surface area contributed by atoms with Crippen LogP contribution in [-0.2, 0) is 11.2 Å². The number of aliphatic hydroxyl groups excluding tert-OH is 1. The fraction of sp³-hybridized carbons (Fsp3) is 0.375. The van der Waals surface area contributed by atoms with Gasteiger partial charge in [-0.25, -0.2) is 0 Å². The summed E-state index contributed by atoms with van der Waals surface area (Å²) < 4.78 is 0. The zero-order valence-corrected chi connectivity index (χ0v) is 17.1. The first kappa shape index (κ1) is 28.6. The van der Waals surface area contributed by atoms with Gasteiger partial charge < -0.3 is 9.90 Å². The summed E-state index contributed by atoms with van der Waals surface area (Å²) >= 11 is 0. The number of carbonyl (C=O) groups is 1. The molecule has 1 aromatic rings. The molecule has 0 radical (unpaired) electrons. The van der Waals surface area contributed by atoms with Crippen LogP contribution in [0.3, 0.4) is 0 Å². The summed E-state index contributed by atoms with van der Waals surface area (Å²) in [5.41, 5.74) is 1.44. The number of rotatable bonds is 4. The lowest BCUT2D eigenvalue weighted by Gasteiger charge is -2.12. The van der Waals surface area contributed by atoms with E-state index in [-0.39, 0.29) is 0 Å². The first-order valence-corrected chi connectivity index (χ1v) is 9.29. The normalized spacial score (nSPS) is 13.5. The van der Waals surface area contributed by atoms with Crippen molar-refractivity contribution in [1.29, 1.82) is 0 Å². The first-order valence-electron chi connectivity index (χ1n) is 9.29. The molecular formula is C24H38O2. The van der Waals surface area contributed by atoms with Crippen molar-refractivity contribution < 1.29 is 9.90 Å². The molecule has 2 nitrogen and oxygen atoms in total. The molecule has 0 fully saturated rings. The van der Waals surface area contributed by atoms with Gasteiger partial charge in [-0.05, 0) is 37.7 Å². The second-order valence-corrected chi connectivity index (χ2v) is 4.98. The molecule has 0 amide bonds. The van der Waals surface area contributed by atoms with Gasteiger partial charge in [-0.1, -0.05) is 100 Å². The molecule has 0 heterocycles. The van der Waals surface area contributed by atoms with Gasteiger partial charge in [-0.15, -0.1) is 0 Å². The van der Waals surface area contributed by atoms with Crippen LogP contribution in [0.25, 0.3) is 0 Å². The lowest BCUT2D eigenvalue weighted by molar-refractivity contribution is -0.0979. The molecule has 1 N–H and O–H groups in total. The Morgan fingerprint density at radius 2 is 1.73 bits per heavy atom. The average molecular weight is 359 g/mol. The maximum atomic E-state index is 8.00. The standard InChI is InChI=1S/C13H14.C5H8.C3H8O.C2H6.CH2O/c1-3-7-12(8-4-1)11-13-9-5-2-6-10-13;1-3-5-4-2;1-2-3-4;2*1-2/h1-9,13H,10-11H2;3-5H,1H2,2H3;4H,2-3H2,1H3;1-2H3;1H2/b;5-4-;;;. The zero-order valence-electron chi connectivity index (χ0n) is 17.1. The van der Waals surface area contributed by atoms with E-state index in [1.54, 1.807) is 6.08 Å². The third-order valence-corrected chi connectivity index (χ3v) is 2.96. The fourth-order valence-electron chi connectivity index (χ4n) is 1.84. The molecule has 1 aromatic carbocycles. The van der Waals surface area contributed by atoms with Crippen molar-refractivity contribution in [1.82, 2.24) is 0 Å². The Labute approximate surface area is 161 Å². The summed E-state index contributed by atoms with van der Waals surface area (Å²) in [6.45, 7) is 13.7. The lowest BCUT2D eigenvalue weighted by Crippen LogP contribution is -2.01. The Bertz CT molecular complexity index is 456. The second kappa shape index (κ2) is 27.6. The summed E-state index contributed by atoms with van der Waals surface area (Å²) in [4.78, 5) is 8.00. The highest BCUT2D eigenvalue weighted by molar-refractivity contribution is 5.19. The van der Waals surface area contributed by atoms with E-state index >= 15 is 0 Å². The van der Waals surface area contributed by atoms with E-state index < -0.39 is 0 Å². The van der Waals surface area contributed by atoms with Crippen LogP contribution in [0.5, 0.6) is 0 Å². The van der Waals surface area contributed by atoms with Gasteiger partial charge in [0, 0.05) is 6.61 Å². The van der Waals surface area contributed by atoms with E-state index in [2.05, 4.69) is 61.2 Å². The summed E-state index contributed by atoms with van der Waals surface area (Å²) in [7, 11) is 0. The number of hydrogen-bond acceptors (Lipinski definition) is 2. The third-order valence-electron chi connectivity index (χ3n) is 2.96. The number of allylic oxidation sites excluding steroid dienone is 7. The molecule has 2 heteroatoms. The minimum atomic E-state index is 0.319. The van der Waals surface area contributed by atoms with Gasteiger partial charge in [-0.2, -0.15) is 0 Å². The van der Waals surface area contributed by atoms with Crippen LogP contribution in [0.4, 0.5) is 0 Å². The van der Waals surface area contributed by atoms with Crippen LogP contribution < -0.4 is 0 Å². The van der Waals surface area contributed by atoms with Gasteiger partial charge in [0.25, 0.3) is 0 Å². The predicted octanol–water partition coefficient (Wildman–Crippen LogP) is 6.34. The topological polar surface area (TPSA) is 37.3 Å². The van der Waals surface area contributed by atoms with Crippen molar-refractivity contribution in [3.8, 4) is 0 Å². The Kier molecular flexibility index (Phi) is 30.4. The highest BCUT2D eigenvalue weighted by atomic mass is 16.2. The molecular weight excluding hydrogens is 320 g/mol. The van der Waals surface area contributed by atoms with E-state index in [9.17, 15) is 0 Å². The monoisotopic (exact) mass is 358 g/mol. The van der Waals surface area contributed by atoms with Crippen LogP contribution in [-0.4, -0.2) is 18.5 Å². The van der Waals surface area contributed by atoms with Gasteiger partial charge in [0.2, 0.25) is 0 Å². The Balaban J connectivity index is -0.000000342. The second-order valence-electron chi connectivity index (χ2n) is 4.98. The summed E-state index contributed by atoms with van der Waals surface area (Å²) in [6, 6.07) is 10.7. The van der Waals surface area contributed by atoms with E-state index in [0.717, 1.165) is 6.42 Å². The number of aliphatic hydroxyl groups is 1. The molecule has 1 aliphatic rings. The first-order chi connectivity index (χ1) is 12.8. The minimum absolute atomic E-state index is 0.319. The molecule has 146 valence electrons. The predicted molar refractivity (Wildman–Crippen MR) is 117 cm³/mol. The summed E-state index contributed by atoms with van der Waals surface area (Å²) in [5.74, 6) is 0.701. The van der Waals surface area contributed by atoms with Crippen molar-refractivity contribution in [2.24, 2.45) is 5.92 Å². The van der Waals surface area contributed by atoms with Gasteiger partial charge in [0.1, 0.15) is 6.79 Å². The van der Waals surface area contributed by atoms with Gasteiger partial charge in [0.05, 0.1) is 0 Å². The van der Waals surface area contributed by atoms with Crippen molar-refractivity contribution in [2.45, 2.75) is 47.0 Å². The number of carbonyl (C=O) groups excluding carboxylic acids is 1. The van der Waals surface area contributed by atoms with Crippen molar-refractivity contribution in [2.75, 3.05) is 6.61 Å². The molecule has 1 aliphatic carbocycles. The lowest BCUT2D eigenvalue weighted by atomic mass is 9.93. The maximum Gasteiger partial charge on any atom is 0.106 e. The average Bonchev–Trinajstić information content (AvgIpc) is 2.74. The van der Waals surface area contributed by atoms with E-state index in [0.29, 0.717) is 12.5 Å². The molecule has 0 aliphatic heterocycles. The smallest absolute Gasteiger partial charge is 0.106 e. The van der Waals surface area contributed by atoms with Crippen molar-refractivity contribution in [3.05, 3.63) is 85.0 Å². The molecule has 0 aromatic heterocycles. The van der Waals surface area contributed by atoms with Crippen molar-refractivity contribution in [3.63, 3.8) is 0 Å². The van der Waals surface area contributed by atoms with Crippen LogP contribution >= 0.6 is 0 Å². The van der Waals surface area contributed by atoms with Crippen LogP contribution in [0, 0.1) is 5.92 Å².